The second-order valence-electron chi connectivity index (χ2n) is 2.09. The molecular formula is C9H15NS. The molecule has 0 saturated heterocycles. The number of hydrogen-bond acceptors (Lipinski definition) is 2. The van der Waals surface area contributed by atoms with E-state index < -0.39 is 0 Å². The summed E-state index contributed by atoms with van der Waals surface area (Å²) >= 11 is 3.95. The van der Waals surface area contributed by atoms with Gasteiger partial charge in [0.05, 0.1) is 0 Å². The van der Waals surface area contributed by atoms with Crippen LogP contribution in [0.1, 0.15) is 19.8 Å². The van der Waals surface area contributed by atoms with Crippen molar-refractivity contribution in [3.05, 3.63) is 23.6 Å². The number of nitrogens with zero attached hydrogens (tertiary/aromatic N) is 1. The molecule has 0 amide bonds. The summed E-state index contributed by atoms with van der Waals surface area (Å²) in [6.45, 7) is 2.10. The molecule has 0 heterocycles. The second-order valence-corrected chi connectivity index (χ2v) is 2.39. The van der Waals surface area contributed by atoms with Gasteiger partial charge in [-0.15, -0.1) is 0 Å². The molecule has 0 fully saturated rings. The molecule has 0 aliphatic heterocycles. The summed E-state index contributed by atoms with van der Waals surface area (Å²) < 4.78 is 0. The number of aliphatic imine (C=N–C) groups is 1. The first-order chi connectivity index (χ1) is 5.35. The van der Waals surface area contributed by atoms with Crippen LogP contribution in [0.4, 0.5) is 0 Å². The zero-order valence-electron chi connectivity index (χ0n) is 7.12. The van der Waals surface area contributed by atoms with Gasteiger partial charge in [0, 0.05) is 12.8 Å². The van der Waals surface area contributed by atoms with Gasteiger partial charge in [-0.05, 0) is 24.3 Å². The number of thiol groups is 1. The Labute approximate surface area is 74.3 Å². The molecule has 0 aromatic rings. The Hall–Kier alpha value is -0.500. The van der Waals surface area contributed by atoms with Crippen molar-refractivity contribution in [2.45, 2.75) is 19.8 Å². The maximum Gasteiger partial charge on any atom is 0.0339 e. The minimum atomic E-state index is 0.933. The molecule has 0 N–H and O–H groups in total. The van der Waals surface area contributed by atoms with Crippen LogP contribution in [0.15, 0.2) is 28.6 Å². The fourth-order valence-corrected chi connectivity index (χ4v) is 0.816. The summed E-state index contributed by atoms with van der Waals surface area (Å²) in [6.07, 6.45) is 8.05. The maximum atomic E-state index is 4.09. The minimum Gasteiger partial charge on any atom is -0.293 e. The molecule has 0 aromatic heterocycles. The zero-order valence-corrected chi connectivity index (χ0v) is 8.01. The largest absolute Gasteiger partial charge is 0.293 e. The van der Waals surface area contributed by atoms with Gasteiger partial charge in [0.2, 0.25) is 0 Å². The van der Waals surface area contributed by atoms with Crippen LogP contribution in [-0.4, -0.2) is 12.8 Å². The predicted octanol–water partition coefficient (Wildman–Crippen LogP) is 2.86. The van der Waals surface area contributed by atoms with Gasteiger partial charge in [-0.3, -0.25) is 4.99 Å². The molecule has 0 unspecified atom stereocenters. The molecule has 0 aliphatic rings. The van der Waals surface area contributed by atoms with Crippen LogP contribution in [0.5, 0.6) is 0 Å². The third-order valence-corrected chi connectivity index (χ3v) is 1.55. The molecule has 0 saturated carbocycles. The average Bonchev–Trinajstić information content (AvgIpc) is 2.05. The summed E-state index contributed by atoms with van der Waals surface area (Å²) in [5, 5.41) is 1.75. The van der Waals surface area contributed by atoms with E-state index in [1.807, 2.05) is 19.2 Å². The Kier molecular flexibility index (Phi) is 7.26. The Morgan fingerprint density at radius 1 is 1.45 bits per heavy atom. The van der Waals surface area contributed by atoms with Gasteiger partial charge in [0.25, 0.3) is 0 Å². The highest BCUT2D eigenvalue weighted by Crippen LogP contribution is 1.92. The highest BCUT2D eigenvalue weighted by atomic mass is 32.1. The third-order valence-electron chi connectivity index (χ3n) is 1.34. The first-order valence-corrected chi connectivity index (χ1v) is 4.28. The van der Waals surface area contributed by atoms with Crippen molar-refractivity contribution in [3.8, 4) is 0 Å². The lowest BCUT2D eigenvalue weighted by molar-refractivity contribution is 1.25. The van der Waals surface area contributed by atoms with Gasteiger partial charge in [-0.1, -0.05) is 19.1 Å². The first kappa shape index (κ1) is 10.5. The van der Waals surface area contributed by atoms with E-state index in [0.29, 0.717) is 0 Å². The third kappa shape index (κ3) is 5.92. The average molecular weight is 169 g/mol. The molecular weight excluding hydrogens is 154 g/mol. The quantitative estimate of drug-likeness (QED) is 0.491. The van der Waals surface area contributed by atoms with Crippen LogP contribution in [0.25, 0.3) is 0 Å². The van der Waals surface area contributed by atoms with Crippen LogP contribution >= 0.6 is 12.6 Å². The van der Waals surface area contributed by atoms with E-state index >= 15 is 0 Å². The highest BCUT2D eigenvalue weighted by molar-refractivity contribution is 7.83. The first-order valence-electron chi connectivity index (χ1n) is 3.76. The summed E-state index contributed by atoms with van der Waals surface area (Å²) in [7, 11) is 1.82. The number of allylic oxidation sites excluding steroid dienone is 3. The summed E-state index contributed by atoms with van der Waals surface area (Å²) in [5.41, 5.74) is 1.14. The van der Waals surface area contributed by atoms with Crippen molar-refractivity contribution in [2.24, 2.45) is 4.99 Å². The molecule has 62 valence electrons. The second kappa shape index (κ2) is 7.61. The van der Waals surface area contributed by atoms with E-state index in [9.17, 15) is 0 Å². The van der Waals surface area contributed by atoms with Gasteiger partial charge < -0.3 is 0 Å². The number of hydrogen-bond donors (Lipinski definition) is 1. The zero-order chi connectivity index (χ0) is 8.53. The van der Waals surface area contributed by atoms with E-state index in [-0.39, 0.29) is 0 Å². The Bertz CT molecular complexity index is 168. The molecule has 0 atom stereocenters. The smallest absolute Gasteiger partial charge is 0.0339 e. The molecule has 0 spiro atoms. The highest BCUT2D eigenvalue weighted by Gasteiger charge is 1.83. The van der Waals surface area contributed by atoms with Gasteiger partial charge in [0.1, 0.15) is 0 Å². The van der Waals surface area contributed by atoms with E-state index in [2.05, 4.69) is 30.6 Å². The van der Waals surface area contributed by atoms with Crippen molar-refractivity contribution in [1.82, 2.24) is 0 Å². The van der Waals surface area contributed by atoms with Crippen molar-refractivity contribution in [1.29, 1.82) is 0 Å². The SMILES string of the molecule is CCC(/C=C\C/C=C/S)=NC. The molecule has 2 heteroatoms. The molecule has 0 bridgehead atoms. The van der Waals surface area contributed by atoms with Crippen LogP contribution in [0.3, 0.4) is 0 Å². The fourth-order valence-electron chi connectivity index (χ4n) is 0.694. The van der Waals surface area contributed by atoms with E-state index in [1.165, 1.54) is 0 Å². The van der Waals surface area contributed by atoms with Crippen LogP contribution in [0.2, 0.25) is 0 Å². The van der Waals surface area contributed by atoms with Crippen molar-refractivity contribution < 1.29 is 0 Å². The lowest BCUT2D eigenvalue weighted by Gasteiger charge is -1.90. The lowest BCUT2D eigenvalue weighted by Crippen LogP contribution is -1.88. The molecule has 0 rings (SSSR count). The van der Waals surface area contributed by atoms with Gasteiger partial charge in [0.15, 0.2) is 0 Å². The Balaban J connectivity index is 3.72. The summed E-state index contributed by atoms with van der Waals surface area (Å²) in [4.78, 5) is 4.09. The van der Waals surface area contributed by atoms with Gasteiger partial charge in [-0.25, -0.2) is 0 Å². The van der Waals surface area contributed by atoms with E-state index in [4.69, 9.17) is 0 Å². The predicted molar refractivity (Wildman–Crippen MR) is 55.5 cm³/mol. The Morgan fingerprint density at radius 2 is 2.18 bits per heavy atom. The molecule has 0 aliphatic carbocycles. The topological polar surface area (TPSA) is 12.4 Å². The molecule has 1 nitrogen and oxygen atoms in total. The maximum absolute atomic E-state index is 4.09. The van der Waals surface area contributed by atoms with Crippen LogP contribution in [0, 0.1) is 0 Å². The summed E-state index contributed by atoms with van der Waals surface area (Å²) in [5.74, 6) is 0. The number of rotatable bonds is 4. The van der Waals surface area contributed by atoms with Crippen molar-refractivity contribution >= 4 is 18.3 Å². The fraction of sp³-hybridized carbons (Fsp3) is 0.444. The minimum absolute atomic E-state index is 0.933. The van der Waals surface area contributed by atoms with E-state index in [0.717, 1.165) is 18.6 Å². The molecule has 0 radical (unpaired) electrons. The Morgan fingerprint density at radius 3 is 2.64 bits per heavy atom. The van der Waals surface area contributed by atoms with Crippen LogP contribution < -0.4 is 0 Å². The van der Waals surface area contributed by atoms with Crippen molar-refractivity contribution in [2.75, 3.05) is 7.05 Å². The normalized spacial score (nSPS) is 13.5. The van der Waals surface area contributed by atoms with E-state index in [1.54, 1.807) is 5.41 Å². The van der Waals surface area contributed by atoms with Crippen LogP contribution in [-0.2, 0) is 0 Å². The standard InChI is InChI=1S/C9H15NS/c1-3-9(10-2)7-5-4-6-8-11/h5-8,11H,3-4H2,1-2H3/b7-5-,8-6+,10-9?. The van der Waals surface area contributed by atoms with Gasteiger partial charge in [-0.2, -0.15) is 12.6 Å². The molecule has 11 heavy (non-hydrogen) atoms. The van der Waals surface area contributed by atoms with Crippen molar-refractivity contribution in [3.63, 3.8) is 0 Å². The van der Waals surface area contributed by atoms with Gasteiger partial charge >= 0.3 is 0 Å². The summed E-state index contributed by atoms with van der Waals surface area (Å²) in [6, 6.07) is 0. The molecule has 0 aromatic carbocycles. The monoisotopic (exact) mass is 169 g/mol. The lowest BCUT2D eigenvalue weighted by atomic mass is 10.2.